The van der Waals surface area contributed by atoms with E-state index in [-0.39, 0.29) is 5.91 Å². The van der Waals surface area contributed by atoms with Crippen LogP contribution in [0, 0.1) is 13.8 Å². The molecule has 1 fully saturated rings. The second-order valence-corrected chi connectivity index (χ2v) is 5.79. The number of aryl methyl sites for hydroxylation is 2. The highest BCUT2D eigenvalue weighted by atomic mass is 16.1. The molecule has 2 rings (SSSR count). The third-order valence-corrected chi connectivity index (χ3v) is 4.33. The van der Waals surface area contributed by atoms with Crippen LogP contribution < -0.4 is 11.1 Å². The highest BCUT2D eigenvalue weighted by Crippen LogP contribution is 2.32. The second-order valence-electron chi connectivity index (χ2n) is 5.79. The summed E-state index contributed by atoms with van der Waals surface area (Å²) in [7, 11) is 1.69. The number of anilines is 1. The summed E-state index contributed by atoms with van der Waals surface area (Å²) < 4.78 is 0. The van der Waals surface area contributed by atoms with E-state index in [9.17, 15) is 4.79 Å². The molecule has 0 bridgehead atoms. The van der Waals surface area contributed by atoms with Crippen LogP contribution in [-0.4, -0.2) is 37.5 Å². The van der Waals surface area contributed by atoms with Gasteiger partial charge < -0.3 is 11.1 Å². The third kappa shape index (κ3) is 3.31. The number of carbonyl (C=O) groups excluding carboxylic acids is 1. The summed E-state index contributed by atoms with van der Waals surface area (Å²) in [5, 5.41) is 2.68. The van der Waals surface area contributed by atoms with Crippen LogP contribution in [0.3, 0.4) is 0 Å². The van der Waals surface area contributed by atoms with Gasteiger partial charge in [-0.05, 0) is 68.5 Å². The summed E-state index contributed by atoms with van der Waals surface area (Å²) in [4.78, 5) is 13.6. The number of rotatable bonds is 3. The Bertz CT molecular complexity index is 491. The lowest BCUT2D eigenvalue weighted by molar-refractivity contribution is -0.122. The molecule has 1 aromatic rings. The van der Waals surface area contributed by atoms with Crippen molar-refractivity contribution in [1.29, 1.82) is 0 Å². The predicted octanol–water partition coefficient (Wildman–Crippen LogP) is 1.81. The molecular formula is C16H25N3O. The van der Waals surface area contributed by atoms with E-state index in [4.69, 9.17) is 5.73 Å². The highest BCUT2D eigenvalue weighted by Gasteiger charge is 2.23. The molecular weight excluding hydrogens is 250 g/mol. The van der Waals surface area contributed by atoms with E-state index in [1.165, 1.54) is 16.7 Å². The summed E-state index contributed by atoms with van der Waals surface area (Å²) in [6.45, 7) is 6.70. The number of nitrogen functional groups attached to an aromatic ring is 1. The van der Waals surface area contributed by atoms with E-state index in [2.05, 4.69) is 36.2 Å². The lowest BCUT2D eigenvalue weighted by Crippen LogP contribution is -2.40. The number of nitrogens with one attached hydrogen (secondary N) is 1. The molecule has 110 valence electrons. The standard InChI is InChI=1S/C16H25N3O/c1-11-9-15(17)12(2)8-14(11)13-4-6-19(7-5-13)10-16(20)18-3/h8-9,13H,4-7,10,17H2,1-3H3,(H,18,20). The zero-order chi connectivity index (χ0) is 14.7. The molecule has 0 radical (unpaired) electrons. The number of hydrogen-bond donors (Lipinski definition) is 2. The Kier molecular flexibility index (Phi) is 4.65. The summed E-state index contributed by atoms with van der Waals surface area (Å²) >= 11 is 0. The van der Waals surface area contributed by atoms with Crippen LogP contribution in [0.2, 0.25) is 0 Å². The van der Waals surface area contributed by atoms with E-state index < -0.39 is 0 Å². The Morgan fingerprint density at radius 1 is 1.30 bits per heavy atom. The maximum absolute atomic E-state index is 11.4. The van der Waals surface area contributed by atoms with Crippen molar-refractivity contribution in [3.63, 3.8) is 0 Å². The molecule has 3 N–H and O–H groups in total. The van der Waals surface area contributed by atoms with Crippen LogP contribution in [0.15, 0.2) is 12.1 Å². The molecule has 0 unspecified atom stereocenters. The molecule has 0 atom stereocenters. The van der Waals surface area contributed by atoms with Gasteiger partial charge in [0.05, 0.1) is 6.54 Å². The largest absolute Gasteiger partial charge is 0.399 e. The maximum Gasteiger partial charge on any atom is 0.233 e. The molecule has 1 aliphatic heterocycles. The molecule has 0 spiro atoms. The molecule has 1 heterocycles. The number of likely N-dealkylation sites (tertiary alicyclic amines) is 1. The van der Waals surface area contributed by atoms with Gasteiger partial charge in [-0.15, -0.1) is 0 Å². The van der Waals surface area contributed by atoms with Crippen molar-refractivity contribution >= 4 is 11.6 Å². The highest BCUT2D eigenvalue weighted by molar-refractivity contribution is 5.77. The zero-order valence-electron chi connectivity index (χ0n) is 12.7. The molecule has 1 aliphatic rings. The van der Waals surface area contributed by atoms with E-state index in [1.54, 1.807) is 7.05 Å². The predicted molar refractivity (Wildman–Crippen MR) is 82.8 cm³/mol. The van der Waals surface area contributed by atoms with Gasteiger partial charge in [-0.1, -0.05) is 6.07 Å². The molecule has 20 heavy (non-hydrogen) atoms. The number of carbonyl (C=O) groups is 1. The smallest absolute Gasteiger partial charge is 0.233 e. The van der Waals surface area contributed by atoms with Gasteiger partial charge in [0.25, 0.3) is 0 Å². The van der Waals surface area contributed by atoms with Gasteiger partial charge in [-0.3, -0.25) is 9.69 Å². The number of benzene rings is 1. The molecule has 0 saturated carbocycles. The number of nitrogens with two attached hydrogens (primary N) is 1. The third-order valence-electron chi connectivity index (χ3n) is 4.33. The number of nitrogens with zero attached hydrogens (tertiary/aromatic N) is 1. The first-order chi connectivity index (χ1) is 9.51. The van der Waals surface area contributed by atoms with Crippen molar-refractivity contribution in [3.8, 4) is 0 Å². The monoisotopic (exact) mass is 275 g/mol. The van der Waals surface area contributed by atoms with Crippen LogP contribution in [-0.2, 0) is 4.79 Å². The minimum Gasteiger partial charge on any atom is -0.399 e. The summed E-state index contributed by atoms with van der Waals surface area (Å²) in [6.07, 6.45) is 2.22. The van der Waals surface area contributed by atoms with Crippen molar-refractivity contribution < 1.29 is 4.79 Å². The fourth-order valence-corrected chi connectivity index (χ4v) is 2.98. The van der Waals surface area contributed by atoms with Crippen LogP contribution in [0.5, 0.6) is 0 Å². The Hall–Kier alpha value is -1.55. The lowest BCUT2D eigenvalue weighted by atomic mass is 9.85. The van der Waals surface area contributed by atoms with Crippen LogP contribution in [0.25, 0.3) is 0 Å². The minimum atomic E-state index is 0.1000. The van der Waals surface area contributed by atoms with Gasteiger partial charge in [0.2, 0.25) is 5.91 Å². The van der Waals surface area contributed by atoms with Crippen molar-refractivity contribution in [2.75, 3.05) is 32.4 Å². The number of piperidine rings is 1. The van der Waals surface area contributed by atoms with Crippen molar-refractivity contribution in [2.45, 2.75) is 32.6 Å². The van der Waals surface area contributed by atoms with Crippen LogP contribution in [0.1, 0.15) is 35.4 Å². The molecule has 0 aromatic heterocycles. The van der Waals surface area contributed by atoms with Crippen LogP contribution >= 0.6 is 0 Å². The van der Waals surface area contributed by atoms with Crippen molar-refractivity contribution in [1.82, 2.24) is 10.2 Å². The molecule has 1 saturated heterocycles. The Morgan fingerprint density at radius 2 is 1.95 bits per heavy atom. The van der Waals surface area contributed by atoms with E-state index in [1.807, 2.05) is 0 Å². The van der Waals surface area contributed by atoms with Gasteiger partial charge in [0.1, 0.15) is 0 Å². The van der Waals surface area contributed by atoms with Gasteiger partial charge in [-0.2, -0.15) is 0 Å². The maximum atomic E-state index is 11.4. The molecule has 1 amide bonds. The SMILES string of the molecule is CNC(=O)CN1CCC(c2cc(C)c(N)cc2C)CC1. The normalized spacial score (nSPS) is 17.1. The van der Waals surface area contributed by atoms with Gasteiger partial charge >= 0.3 is 0 Å². The number of hydrogen-bond acceptors (Lipinski definition) is 3. The average molecular weight is 275 g/mol. The zero-order valence-corrected chi connectivity index (χ0v) is 12.7. The first-order valence-corrected chi connectivity index (χ1v) is 7.30. The number of amides is 1. The Morgan fingerprint density at radius 3 is 2.55 bits per heavy atom. The minimum absolute atomic E-state index is 0.1000. The number of likely N-dealkylation sites (N-methyl/N-ethyl adjacent to an activating group) is 1. The summed E-state index contributed by atoms with van der Waals surface area (Å²) in [5.74, 6) is 0.693. The van der Waals surface area contributed by atoms with E-state index >= 15 is 0 Å². The van der Waals surface area contributed by atoms with Crippen LogP contribution in [0.4, 0.5) is 5.69 Å². The molecule has 4 nitrogen and oxygen atoms in total. The van der Waals surface area contributed by atoms with Gasteiger partial charge in [0, 0.05) is 12.7 Å². The summed E-state index contributed by atoms with van der Waals surface area (Å²) in [5.41, 5.74) is 10.7. The van der Waals surface area contributed by atoms with Crippen molar-refractivity contribution in [2.24, 2.45) is 0 Å². The average Bonchev–Trinajstić information content (AvgIpc) is 2.44. The van der Waals surface area contributed by atoms with Gasteiger partial charge in [0.15, 0.2) is 0 Å². The topological polar surface area (TPSA) is 58.4 Å². The fraction of sp³-hybridized carbons (Fsp3) is 0.562. The summed E-state index contributed by atoms with van der Waals surface area (Å²) in [6, 6.07) is 4.32. The Labute approximate surface area is 121 Å². The van der Waals surface area contributed by atoms with E-state index in [0.717, 1.165) is 31.6 Å². The van der Waals surface area contributed by atoms with Gasteiger partial charge in [-0.25, -0.2) is 0 Å². The quantitative estimate of drug-likeness (QED) is 0.827. The first-order valence-electron chi connectivity index (χ1n) is 7.30. The first kappa shape index (κ1) is 14.9. The van der Waals surface area contributed by atoms with E-state index in [0.29, 0.717) is 12.5 Å². The second kappa shape index (κ2) is 6.27. The molecule has 4 heteroatoms. The fourth-order valence-electron chi connectivity index (χ4n) is 2.98. The molecule has 1 aromatic carbocycles. The Balaban J connectivity index is 2.00. The lowest BCUT2D eigenvalue weighted by Gasteiger charge is -2.32. The van der Waals surface area contributed by atoms with Crippen molar-refractivity contribution in [3.05, 3.63) is 28.8 Å². The molecule has 0 aliphatic carbocycles.